The highest BCUT2D eigenvalue weighted by molar-refractivity contribution is 5.88. The van der Waals surface area contributed by atoms with E-state index < -0.39 is 36.0 Å². The molecule has 0 radical (unpaired) electrons. The van der Waals surface area contributed by atoms with Gasteiger partial charge in [0.25, 0.3) is 0 Å². The van der Waals surface area contributed by atoms with E-state index in [0.717, 1.165) is 30.6 Å². The van der Waals surface area contributed by atoms with Gasteiger partial charge >= 0.3 is 12.3 Å². The van der Waals surface area contributed by atoms with Crippen LogP contribution in [-0.4, -0.2) is 27.7 Å². The first-order chi connectivity index (χ1) is 11.7. The number of hydrogen-bond donors (Lipinski definition) is 1. The molecule has 130 valence electrons. The second-order valence-corrected chi connectivity index (χ2v) is 4.75. The number of carbonyl (C=O) groups is 1. The molecule has 25 heavy (non-hydrogen) atoms. The van der Waals surface area contributed by atoms with E-state index in [9.17, 15) is 22.4 Å². The van der Waals surface area contributed by atoms with Crippen LogP contribution in [0.5, 0.6) is 0 Å². The average molecular weight is 353 g/mol. The number of halogens is 4. The zero-order valence-electron chi connectivity index (χ0n) is 12.8. The number of alkyl halides is 3. The second kappa shape index (κ2) is 7.17. The van der Waals surface area contributed by atoms with Crippen molar-refractivity contribution in [1.29, 1.82) is 0 Å². The molecular formula is C16H11F4N3O2. The van der Waals surface area contributed by atoms with Crippen LogP contribution in [0.3, 0.4) is 0 Å². The lowest BCUT2D eigenvalue weighted by atomic mass is 10.1. The van der Waals surface area contributed by atoms with Gasteiger partial charge < -0.3 is 5.11 Å². The summed E-state index contributed by atoms with van der Waals surface area (Å²) in [6, 6.07) is 3.10. The molecule has 9 heteroatoms. The molecule has 2 aromatic heterocycles. The fourth-order valence-electron chi connectivity index (χ4n) is 2.00. The van der Waals surface area contributed by atoms with Gasteiger partial charge in [-0.15, -0.1) is 5.92 Å². The van der Waals surface area contributed by atoms with E-state index in [1.807, 2.05) is 0 Å². The summed E-state index contributed by atoms with van der Waals surface area (Å²) in [5, 5.41) is 9.17. The molecule has 0 aliphatic heterocycles. The number of amides is 1. The van der Waals surface area contributed by atoms with Gasteiger partial charge in [-0.25, -0.2) is 14.2 Å². The van der Waals surface area contributed by atoms with Crippen LogP contribution in [0.4, 0.5) is 28.0 Å². The molecule has 1 amide bonds. The quantitative estimate of drug-likeness (QED) is 0.673. The Labute approximate surface area is 139 Å². The predicted molar refractivity (Wildman–Crippen MR) is 81.2 cm³/mol. The van der Waals surface area contributed by atoms with Gasteiger partial charge in [-0.05, 0) is 25.1 Å². The summed E-state index contributed by atoms with van der Waals surface area (Å²) < 4.78 is 53.3. The summed E-state index contributed by atoms with van der Waals surface area (Å²) in [7, 11) is 0. The van der Waals surface area contributed by atoms with Crippen molar-refractivity contribution >= 4 is 11.8 Å². The third-order valence-electron chi connectivity index (χ3n) is 3.08. The largest absolute Gasteiger partial charge is 0.465 e. The van der Waals surface area contributed by atoms with Gasteiger partial charge in [0.05, 0.1) is 24.1 Å². The minimum absolute atomic E-state index is 0.0345. The molecule has 0 aromatic carbocycles. The Balaban J connectivity index is 2.61. The lowest BCUT2D eigenvalue weighted by molar-refractivity contribution is -0.140. The fourth-order valence-corrected chi connectivity index (χ4v) is 2.00. The Bertz CT molecular complexity index is 856. The number of carboxylic acid groups (broad SMARTS) is 1. The zero-order valence-corrected chi connectivity index (χ0v) is 12.8. The summed E-state index contributed by atoms with van der Waals surface area (Å²) in [4.78, 5) is 18.8. The molecule has 0 bridgehead atoms. The minimum atomic E-state index is -4.92. The van der Waals surface area contributed by atoms with E-state index in [2.05, 4.69) is 21.8 Å². The van der Waals surface area contributed by atoms with Gasteiger partial charge in [0, 0.05) is 11.8 Å². The predicted octanol–water partition coefficient (Wildman–Crippen LogP) is 3.81. The number of nitrogens with zero attached hydrogens (tertiary/aromatic N) is 3. The SMILES string of the molecule is CC#CCN(C(=O)O)c1ccc(-c2cncc(F)c2)nc1C(F)(F)F. The fraction of sp³-hybridized carbons (Fsp3) is 0.188. The molecule has 0 atom stereocenters. The first-order valence-corrected chi connectivity index (χ1v) is 6.83. The Kier molecular flexibility index (Phi) is 5.22. The molecule has 1 N–H and O–H groups in total. The van der Waals surface area contributed by atoms with Crippen LogP contribution in [-0.2, 0) is 6.18 Å². The van der Waals surface area contributed by atoms with E-state index >= 15 is 0 Å². The van der Waals surface area contributed by atoms with E-state index in [0.29, 0.717) is 4.90 Å². The summed E-state index contributed by atoms with van der Waals surface area (Å²) in [5.41, 5.74) is -2.22. The molecule has 0 fully saturated rings. The molecule has 2 rings (SSSR count). The Morgan fingerprint density at radius 2 is 2.04 bits per heavy atom. The third kappa shape index (κ3) is 4.23. The number of aromatic nitrogens is 2. The first kappa shape index (κ1) is 18.2. The molecule has 0 saturated heterocycles. The summed E-state index contributed by atoms with van der Waals surface area (Å²) >= 11 is 0. The van der Waals surface area contributed by atoms with Crippen molar-refractivity contribution in [3.8, 4) is 23.1 Å². The molecule has 0 unspecified atom stereocenters. The lowest BCUT2D eigenvalue weighted by Gasteiger charge is -2.21. The van der Waals surface area contributed by atoms with Crippen molar-refractivity contribution in [1.82, 2.24) is 9.97 Å². The summed E-state index contributed by atoms with van der Waals surface area (Å²) in [5.74, 6) is 4.08. The highest BCUT2D eigenvalue weighted by Crippen LogP contribution is 2.36. The summed E-state index contributed by atoms with van der Waals surface area (Å²) in [6.07, 6.45) is -4.46. The molecule has 0 saturated carbocycles. The van der Waals surface area contributed by atoms with Crippen LogP contribution >= 0.6 is 0 Å². The van der Waals surface area contributed by atoms with Gasteiger partial charge in [-0.3, -0.25) is 9.88 Å². The van der Waals surface area contributed by atoms with E-state index in [1.165, 1.54) is 6.92 Å². The van der Waals surface area contributed by atoms with Crippen LogP contribution in [0, 0.1) is 17.7 Å². The molecule has 0 spiro atoms. The Morgan fingerprint density at radius 1 is 1.32 bits per heavy atom. The maximum Gasteiger partial charge on any atom is 0.435 e. The van der Waals surface area contributed by atoms with Crippen molar-refractivity contribution in [3.63, 3.8) is 0 Å². The summed E-state index contributed by atoms with van der Waals surface area (Å²) in [6.45, 7) is 0.987. The van der Waals surface area contributed by atoms with Crippen molar-refractivity contribution < 1.29 is 27.5 Å². The van der Waals surface area contributed by atoms with Crippen molar-refractivity contribution in [2.45, 2.75) is 13.1 Å². The highest BCUT2D eigenvalue weighted by atomic mass is 19.4. The number of anilines is 1. The lowest BCUT2D eigenvalue weighted by Crippen LogP contribution is -2.32. The smallest absolute Gasteiger partial charge is 0.435 e. The van der Waals surface area contributed by atoms with Crippen LogP contribution in [0.2, 0.25) is 0 Å². The van der Waals surface area contributed by atoms with E-state index in [-0.39, 0.29) is 11.3 Å². The second-order valence-electron chi connectivity index (χ2n) is 4.75. The van der Waals surface area contributed by atoms with Gasteiger partial charge in [0.2, 0.25) is 0 Å². The van der Waals surface area contributed by atoms with Crippen molar-refractivity contribution in [3.05, 3.63) is 42.1 Å². The van der Waals surface area contributed by atoms with Crippen LogP contribution < -0.4 is 4.90 Å². The topological polar surface area (TPSA) is 66.3 Å². The average Bonchev–Trinajstić information content (AvgIpc) is 2.54. The Hall–Kier alpha value is -3.15. The maximum absolute atomic E-state index is 13.4. The van der Waals surface area contributed by atoms with E-state index in [1.54, 1.807) is 0 Å². The normalized spacial score (nSPS) is 10.8. The van der Waals surface area contributed by atoms with Gasteiger partial charge in [0.1, 0.15) is 5.82 Å². The molecule has 0 aliphatic rings. The zero-order chi connectivity index (χ0) is 18.6. The van der Waals surface area contributed by atoms with Crippen LogP contribution in [0.1, 0.15) is 12.6 Å². The molecule has 0 aliphatic carbocycles. The molecule has 2 heterocycles. The molecular weight excluding hydrogens is 342 g/mol. The van der Waals surface area contributed by atoms with Gasteiger partial charge in [-0.1, -0.05) is 5.92 Å². The van der Waals surface area contributed by atoms with Gasteiger partial charge in [0.15, 0.2) is 5.69 Å². The Morgan fingerprint density at radius 3 is 2.60 bits per heavy atom. The first-order valence-electron chi connectivity index (χ1n) is 6.83. The van der Waals surface area contributed by atoms with Crippen LogP contribution in [0.25, 0.3) is 11.3 Å². The van der Waals surface area contributed by atoms with Crippen molar-refractivity contribution in [2.75, 3.05) is 11.4 Å². The van der Waals surface area contributed by atoms with Crippen LogP contribution in [0.15, 0.2) is 30.6 Å². The van der Waals surface area contributed by atoms with E-state index in [4.69, 9.17) is 5.11 Å². The molecule has 2 aromatic rings. The number of pyridine rings is 2. The third-order valence-corrected chi connectivity index (χ3v) is 3.08. The minimum Gasteiger partial charge on any atom is -0.465 e. The highest BCUT2D eigenvalue weighted by Gasteiger charge is 2.38. The standard InChI is InChI=1S/C16H11F4N3O2/c1-2-3-6-23(15(24)25)13-5-4-12(22-14(13)16(18,19)20)10-7-11(17)9-21-8-10/h4-5,7-9H,6H2,1H3,(H,24,25). The van der Waals surface area contributed by atoms with Crippen molar-refractivity contribution in [2.24, 2.45) is 0 Å². The maximum atomic E-state index is 13.4. The number of rotatable bonds is 3. The van der Waals surface area contributed by atoms with Gasteiger partial charge in [-0.2, -0.15) is 13.2 Å². The number of hydrogen-bond acceptors (Lipinski definition) is 3. The monoisotopic (exact) mass is 353 g/mol. The molecule has 5 nitrogen and oxygen atoms in total.